The second-order valence-electron chi connectivity index (χ2n) is 5.48. The van der Waals surface area contributed by atoms with Crippen LogP contribution >= 0.6 is 0 Å². The molecule has 0 N–H and O–H groups in total. The molecular weight excluding hydrogens is 240 g/mol. The van der Waals surface area contributed by atoms with Gasteiger partial charge in [0.15, 0.2) is 17.3 Å². The maximum Gasteiger partial charge on any atom is 0.184 e. The van der Waals surface area contributed by atoms with Gasteiger partial charge in [-0.1, -0.05) is 12.2 Å². The quantitative estimate of drug-likeness (QED) is 0.565. The van der Waals surface area contributed by atoms with Crippen LogP contribution in [0.4, 0.5) is 0 Å². The molecule has 0 aromatic carbocycles. The molecule has 0 radical (unpaired) electrons. The largest absolute Gasteiger partial charge is 0.294 e. The summed E-state index contributed by atoms with van der Waals surface area (Å²) in [7, 11) is 0. The number of carbonyl (C=O) groups excluding carboxylic acids is 3. The Morgan fingerprint density at radius 1 is 0.842 bits per heavy atom. The molecule has 100 valence electrons. The van der Waals surface area contributed by atoms with E-state index >= 15 is 0 Å². The molecule has 0 saturated heterocycles. The molecule has 19 heavy (non-hydrogen) atoms. The Hall–Kier alpha value is -1.77. The summed E-state index contributed by atoms with van der Waals surface area (Å²) in [6.07, 6.45) is 0.375. The Bertz CT molecular complexity index is 563. The van der Waals surface area contributed by atoms with E-state index in [9.17, 15) is 14.4 Å². The molecule has 3 nitrogen and oxygen atoms in total. The highest BCUT2D eigenvalue weighted by atomic mass is 16.2. The van der Waals surface area contributed by atoms with Gasteiger partial charge in [0, 0.05) is 5.92 Å². The van der Waals surface area contributed by atoms with E-state index in [1.165, 1.54) is 0 Å². The first-order chi connectivity index (χ1) is 8.77. The molecular formula is C16H18O3. The van der Waals surface area contributed by atoms with Crippen molar-refractivity contribution in [3.8, 4) is 0 Å². The summed E-state index contributed by atoms with van der Waals surface area (Å²) in [6, 6.07) is 0. The molecule has 0 aromatic heterocycles. The summed E-state index contributed by atoms with van der Waals surface area (Å²) in [6.45, 7) is 10.9. The molecule has 0 unspecified atom stereocenters. The monoisotopic (exact) mass is 258 g/mol. The molecule has 0 heterocycles. The van der Waals surface area contributed by atoms with Crippen molar-refractivity contribution in [2.24, 2.45) is 11.8 Å². The van der Waals surface area contributed by atoms with Gasteiger partial charge in [0.2, 0.25) is 0 Å². The number of hydrogen-bond acceptors (Lipinski definition) is 3. The molecule has 0 aromatic rings. The number of Topliss-reactive ketones (excluding diaryl/α,β-unsaturated/α-hetero) is 3. The summed E-state index contributed by atoms with van der Waals surface area (Å²) in [5, 5.41) is 0. The summed E-state index contributed by atoms with van der Waals surface area (Å²) in [5.41, 5.74) is 3.27. The van der Waals surface area contributed by atoms with Crippen molar-refractivity contribution in [1.82, 2.24) is 0 Å². The first-order valence-electron chi connectivity index (χ1n) is 6.44. The summed E-state index contributed by atoms with van der Waals surface area (Å²) < 4.78 is 0. The lowest BCUT2D eigenvalue weighted by atomic mass is 9.85. The van der Waals surface area contributed by atoms with Crippen LogP contribution in [-0.4, -0.2) is 17.3 Å². The van der Waals surface area contributed by atoms with Crippen molar-refractivity contribution in [3.05, 3.63) is 34.4 Å². The molecule has 0 amide bonds. The zero-order valence-electron chi connectivity index (χ0n) is 11.8. The van der Waals surface area contributed by atoms with Gasteiger partial charge >= 0.3 is 0 Å². The SMILES string of the molecule is C=C1C(=O)C(C)=C(C)[C@@H]1CC1C(=O)C(C)=C(C)C1=O. The molecule has 1 atom stereocenters. The minimum Gasteiger partial charge on any atom is -0.294 e. The lowest BCUT2D eigenvalue weighted by molar-refractivity contribution is -0.127. The van der Waals surface area contributed by atoms with Crippen LogP contribution in [0.3, 0.4) is 0 Å². The van der Waals surface area contributed by atoms with Crippen LogP contribution in [0.2, 0.25) is 0 Å². The standard InChI is InChI=1S/C16H18O3/c1-7-8(2)14(17)11(5)12(7)6-13-15(18)9(3)10(4)16(13)19/h12-13H,5-6H2,1-4H3/t12-/m0/s1. The van der Waals surface area contributed by atoms with Gasteiger partial charge in [-0.05, 0) is 56.4 Å². The maximum absolute atomic E-state index is 12.1. The lowest BCUT2D eigenvalue weighted by Crippen LogP contribution is -2.22. The molecule has 3 heteroatoms. The van der Waals surface area contributed by atoms with E-state index in [1.807, 2.05) is 6.92 Å². The van der Waals surface area contributed by atoms with Gasteiger partial charge in [0.1, 0.15) is 0 Å². The van der Waals surface area contributed by atoms with Crippen LogP contribution in [0.5, 0.6) is 0 Å². The van der Waals surface area contributed by atoms with E-state index in [-0.39, 0.29) is 23.3 Å². The van der Waals surface area contributed by atoms with Crippen molar-refractivity contribution in [3.63, 3.8) is 0 Å². The van der Waals surface area contributed by atoms with E-state index in [2.05, 4.69) is 6.58 Å². The molecule has 0 fully saturated rings. The van der Waals surface area contributed by atoms with Gasteiger partial charge in [-0.25, -0.2) is 0 Å². The second-order valence-corrected chi connectivity index (χ2v) is 5.48. The Balaban J connectivity index is 2.26. The molecule has 2 aliphatic rings. The van der Waals surface area contributed by atoms with Crippen molar-refractivity contribution in [1.29, 1.82) is 0 Å². The molecule has 0 aliphatic heterocycles. The number of carbonyl (C=O) groups is 3. The van der Waals surface area contributed by atoms with Crippen LogP contribution < -0.4 is 0 Å². The average Bonchev–Trinajstić information content (AvgIpc) is 2.68. The molecule has 2 rings (SSSR count). The zero-order chi connectivity index (χ0) is 14.5. The van der Waals surface area contributed by atoms with Crippen molar-refractivity contribution in [2.75, 3.05) is 0 Å². The Morgan fingerprint density at radius 2 is 1.32 bits per heavy atom. The predicted molar refractivity (Wildman–Crippen MR) is 72.5 cm³/mol. The van der Waals surface area contributed by atoms with Crippen molar-refractivity contribution in [2.45, 2.75) is 34.1 Å². The lowest BCUT2D eigenvalue weighted by Gasteiger charge is -2.16. The van der Waals surface area contributed by atoms with E-state index in [1.54, 1.807) is 20.8 Å². The Kier molecular flexibility index (Phi) is 3.17. The van der Waals surface area contributed by atoms with E-state index in [0.717, 1.165) is 5.57 Å². The Morgan fingerprint density at radius 3 is 1.68 bits per heavy atom. The minimum atomic E-state index is -0.629. The topological polar surface area (TPSA) is 51.2 Å². The maximum atomic E-state index is 12.1. The number of ketones is 3. The summed E-state index contributed by atoms with van der Waals surface area (Å²) in [5.74, 6) is -1.03. The van der Waals surface area contributed by atoms with E-state index < -0.39 is 5.92 Å². The number of rotatable bonds is 2. The first kappa shape index (κ1) is 13.7. The zero-order valence-corrected chi connectivity index (χ0v) is 11.8. The fourth-order valence-corrected chi connectivity index (χ4v) is 2.88. The number of hydrogen-bond donors (Lipinski definition) is 0. The molecule has 0 saturated carbocycles. The Labute approximate surface area is 113 Å². The van der Waals surface area contributed by atoms with Gasteiger partial charge in [-0.3, -0.25) is 14.4 Å². The van der Waals surface area contributed by atoms with Crippen LogP contribution in [0, 0.1) is 11.8 Å². The first-order valence-corrected chi connectivity index (χ1v) is 6.44. The minimum absolute atomic E-state index is 0.0400. The van der Waals surface area contributed by atoms with Crippen molar-refractivity contribution < 1.29 is 14.4 Å². The number of allylic oxidation sites excluding steroid dienone is 5. The third-order valence-electron chi connectivity index (χ3n) is 4.57. The van der Waals surface area contributed by atoms with Gasteiger partial charge in [0.25, 0.3) is 0 Å². The third kappa shape index (κ3) is 1.84. The summed E-state index contributed by atoms with van der Waals surface area (Å²) in [4.78, 5) is 36.0. The van der Waals surface area contributed by atoms with Crippen molar-refractivity contribution >= 4 is 17.3 Å². The van der Waals surface area contributed by atoms with Gasteiger partial charge in [0.05, 0.1) is 5.92 Å². The fourth-order valence-electron chi connectivity index (χ4n) is 2.88. The fraction of sp³-hybridized carbons (Fsp3) is 0.438. The smallest absolute Gasteiger partial charge is 0.184 e. The molecule has 0 spiro atoms. The molecule has 0 bridgehead atoms. The summed E-state index contributed by atoms with van der Waals surface area (Å²) >= 11 is 0. The van der Waals surface area contributed by atoms with Crippen LogP contribution in [0.1, 0.15) is 34.1 Å². The van der Waals surface area contributed by atoms with Crippen LogP contribution in [-0.2, 0) is 14.4 Å². The van der Waals surface area contributed by atoms with Gasteiger partial charge < -0.3 is 0 Å². The second kappa shape index (κ2) is 4.41. The van der Waals surface area contributed by atoms with Crippen LogP contribution in [0.15, 0.2) is 34.4 Å². The van der Waals surface area contributed by atoms with E-state index in [0.29, 0.717) is 28.7 Å². The third-order valence-corrected chi connectivity index (χ3v) is 4.57. The highest BCUT2D eigenvalue weighted by Crippen LogP contribution is 2.39. The van der Waals surface area contributed by atoms with E-state index in [4.69, 9.17) is 0 Å². The highest BCUT2D eigenvalue weighted by Gasteiger charge is 2.41. The van der Waals surface area contributed by atoms with Gasteiger partial charge in [-0.2, -0.15) is 0 Å². The average molecular weight is 258 g/mol. The van der Waals surface area contributed by atoms with Crippen LogP contribution in [0.25, 0.3) is 0 Å². The van der Waals surface area contributed by atoms with Gasteiger partial charge in [-0.15, -0.1) is 0 Å². The molecule has 2 aliphatic carbocycles. The predicted octanol–water partition coefficient (Wildman–Crippen LogP) is 2.57. The normalized spacial score (nSPS) is 25.4. The highest BCUT2D eigenvalue weighted by molar-refractivity contribution is 6.24.